The first-order valence-corrected chi connectivity index (χ1v) is 5.76. The summed E-state index contributed by atoms with van der Waals surface area (Å²) in [6, 6.07) is 1.51. The Bertz CT molecular complexity index is 172. The minimum absolute atomic E-state index is 0.325. The van der Waals surface area contributed by atoms with Crippen LogP contribution in [0.15, 0.2) is 0 Å². The minimum Gasteiger partial charge on any atom is -0.326 e. The molecule has 3 heteroatoms. The summed E-state index contributed by atoms with van der Waals surface area (Å²) in [6.45, 7) is 10.2. The summed E-state index contributed by atoms with van der Waals surface area (Å²) in [5.74, 6) is 0. The lowest BCUT2D eigenvalue weighted by atomic mass is 10.0. The van der Waals surface area contributed by atoms with E-state index in [2.05, 4.69) is 37.6 Å². The van der Waals surface area contributed by atoms with E-state index < -0.39 is 0 Å². The van der Waals surface area contributed by atoms with Crippen molar-refractivity contribution in [3.8, 4) is 0 Å². The molecule has 0 amide bonds. The van der Waals surface area contributed by atoms with Gasteiger partial charge in [-0.3, -0.25) is 4.90 Å². The molecule has 0 aromatic carbocycles. The second-order valence-corrected chi connectivity index (χ2v) is 4.64. The van der Waals surface area contributed by atoms with Gasteiger partial charge in [-0.05, 0) is 27.3 Å². The Morgan fingerprint density at radius 1 is 1.43 bits per heavy atom. The van der Waals surface area contributed by atoms with Crippen LogP contribution in [0.3, 0.4) is 0 Å². The molecule has 0 aliphatic carbocycles. The summed E-state index contributed by atoms with van der Waals surface area (Å²) in [5.41, 5.74) is 6.07. The predicted molar refractivity (Wildman–Crippen MR) is 61.4 cm³/mol. The highest BCUT2D eigenvalue weighted by Gasteiger charge is 2.26. The van der Waals surface area contributed by atoms with Crippen molar-refractivity contribution < 1.29 is 0 Å². The molecule has 3 nitrogen and oxygen atoms in total. The highest BCUT2D eigenvalue weighted by molar-refractivity contribution is 4.84. The van der Waals surface area contributed by atoms with Gasteiger partial charge in [-0.25, -0.2) is 0 Å². The van der Waals surface area contributed by atoms with E-state index in [0.29, 0.717) is 18.1 Å². The Labute approximate surface area is 88.2 Å². The van der Waals surface area contributed by atoms with Crippen molar-refractivity contribution in [2.75, 3.05) is 26.7 Å². The van der Waals surface area contributed by atoms with Crippen LogP contribution in [0.25, 0.3) is 0 Å². The zero-order valence-corrected chi connectivity index (χ0v) is 10.0. The van der Waals surface area contributed by atoms with Crippen molar-refractivity contribution in [3.63, 3.8) is 0 Å². The number of nitrogens with zero attached hydrogens (tertiary/aromatic N) is 2. The summed E-state index contributed by atoms with van der Waals surface area (Å²) < 4.78 is 0. The lowest BCUT2D eigenvalue weighted by molar-refractivity contribution is 0.0682. The molecule has 1 fully saturated rings. The van der Waals surface area contributed by atoms with Gasteiger partial charge in [0.25, 0.3) is 0 Å². The van der Waals surface area contributed by atoms with E-state index >= 15 is 0 Å². The number of hydrogen-bond acceptors (Lipinski definition) is 3. The van der Waals surface area contributed by atoms with Crippen LogP contribution in [0, 0.1) is 0 Å². The largest absolute Gasteiger partial charge is 0.326 e. The number of piperazine rings is 1. The maximum absolute atomic E-state index is 6.07. The van der Waals surface area contributed by atoms with Crippen LogP contribution < -0.4 is 5.73 Å². The summed E-state index contributed by atoms with van der Waals surface area (Å²) in [5, 5.41) is 0. The number of rotatable bonds is 3. The van der Waals surface area contributed by atoms with Gasteiger partial charge in [-0.1, -0.05) is 6.92 Å². The third kappa shape index (κ3) is 2.69. The molecule has 1 heterocycles. The van der Waals surface area contributed by atoms with Crippen molar-refractivity contribution in [3.05, 3.63) is 0 Å². The van der Waals surface area contributed by atoms with Gasteiger partial charge in [0.05, 0.1) is 0 Å². The SMILES string of the molecule is CCC(N)C(C)N1CCN(C)C(C)C1. The maximum atomic E-state index is 6.07. The molecule has 0 aromatic heterocycles. The highest BCUT2D eigenvalue weighted by Crippen LogP contribution is 2.12. The first kappa shape index (κ1) is 12.0. The van der Waals surface area contributed by atoms with Crippen LogP contribution in [-0.2, 0) is 0 Å². The second kappa shape index (κ2) is 5.10. The molecule has 0 radical (unpaired) electrons. The van der Waals surface area contributed by atoms with Crippen LogP contribution in [0.5, 0.6) is 0 Å². The molecule has 1 saturated heterocycles. The summed E-state index contributed by atoms with van der Waals surface area (Å²) in [6.07, 6.45) is 1.07. The third-order valence-electron chi connectivity index (χ3n) is 3.66. The molecule has 1 aliphatic rings. The molecular weight excluding hydrogens is 174 g/mol. The average molecular weight is 199 g/mol. The van der Waals surface area contributed by atoms with Gasteiger partial charge < -0.3 is 10.6 Å². The first-order chi connectivity index (χ1) is 6.56. The molecule has 0 aromatic rings. The Hall–Kier alpha value is -0.120. The Balaban J connectivity index is 2.45. The molecule has 14 heavy (non-hydrogen) atoms. The quantitative estimate of drug-likeness (QED) is 0.728. The van der Waals surface area contributed by atoms with Crippen LogP contribution in [-0.4, -0.2) is 54.6 Å². The summed E-state index contributed by atoms with van der Waals surface area (Å²) >= 11 is 0. The van der Waals surface area contributed by atoms with E-state index in [1.165, 1.54) is 6.54 Å². The van der Waals surface area contributed by atoms with Crippen LogP contribution >= 0.6 is 0 Å². The Morgan fingerprint density at radius 3 is 2.57 bits per heavy atom. The van der Waals surface area contributed by atoms with Crippen LogP contribution in [0.2, 0.25) is 0 Å². The highest BCUT2D eigenvalue weighted by atomic mass is 15.3. The molecule has 0 saturated carbocycles. The predicted octanol–water partition coefficient (Wildman–Crippen LogP) is 0.748. The van der Waals surface area contributed by atoms with Crippen molar-refractivity contribution >= 4 is 0 Å². The van der Waals surface area contributed by atoms with E-state index in [4.69, 9.17) is 5.73 Å². The van der Waals surface area contributed by atoms with Gasteiger partial charge in [0, 0.05) is 37.8 Å². The number of likely N-dealkylation sites (N-methyl/N-ethyl adjacent to an activating group) is 1. The smallest absolute Gasteiger partial charge is 0.0220 e. The fourth-order valence-electron chi connectivity index (χ4n) is 2.06. The number of hydrogen-bond donors (Lipinski definition) is 1. The number of nitrogens with two attached hydrogens (primary N) is 1. The lowest BCUT2D eigenvalue weighted by Crippen LogP contribution is -2.56. The van der Waals surface area contributed by atoms with Crippen LogP contribution in [0.1, 0.15) is 27.2 Å². The Morgan fingerprint density at radius 2 is 2.07 bits per heavy atom. The van der Waals surface area contributed by atoms with Crippen molar-refractivity contribution in [1.82, 2.24) is 9.80 Å². The monoisotopic (exact) mass is 199 g/mol. The maximum Gasteiger partial charge on any atom is 0.0220 e. The zero-order chi connectivity index (χ0) is 10.7. The molecular formula is C11H25N3. The van der Waals surface area contributed by atoms with Gasteiger partial charge in [0.15, 0.2) is 0 Å². The fraction of sp³-hybridized carbons (Fsp3) is 1.00. The van der Waals surface area contributed by atoms with E-state index in [1.807, 2.05) is 0 Å². The third-order valence-corrected chi connectivity index (χ3v) is 3.66. The average Bonchev–Trinajstić information content (AvgIpc) is 2.20. The van der Waals surface area contributed by atoms with Crippen molar-refractivity contribution in [1.29, 1.82) is 0 Å². The van der Waals surface area contributed by atoms with Gasteiger partial charge in [0.2, 0.25) is 0 Å². The van der Waals surface area contributed by atoms with E-state index in [-0.39, 0.29) is 0 Å². The summed E-state index contributed by atoms with van der Waals surface area (Å²) in [4.78, 5) is 4.94. The van der Waals surface area contributed by atoms with E-state index in [1.54, 1.807) is 0 Å². The minimum atomic E-state index is 0.325. The van der Waals surface area contributed by atoms with Gasteiger partial charge >= 0.3 is 0 Å². The second-order valence-electron chi connectivity index (χ2n) is 4.64. The molecule has 3 atom stereocenters. The normalized spacial score (nSPS) is 30.2. The summed E-state index contributed by atoms with van der Waals surface area (Å²) in [7, 11) is 2.20. The van der Waals surface area contributed by atoms with Gasteiger partial charge in [-0.2, -0.15) is 0 Å². The van der Waals surface area contributed by atoms with Gasteiger partial charge in [-0.15, -0.1) is 0 Å². The molecule has 0 bridgehead atoms. The van der Waals surface area contributed by atoms with E-state index in [9.17, 15) is 0 Å². The van der Waals surface area contributed by atoms with Crippen molar-refractivity contribution in [2.24, 2.45) is 5.73 Å². The molecule has 3 unspecified atom stereocenters. The fourth-order valence-corrected chi connectivity index (χ4v) is 2.06. The zero-order valence-electron chi connectivity index (χ0n) is 10.0. The topological polar surface area (TPSA) is 32.5 Å². The molecule has 2 N–H and O–H groups in total. The lowest BCUT2D eigenvalue weighted by Gasteiger charge is -2.42. The molecule has 1 rings (SSSR count). The van der Waals surface area contributed by atoms with Crippen molar-refractivity contribution in [2.45, 2.75) is 45.3 Å². The first-order valence-electron chi connectivity index (χ1n) is 5.76. The molecule has 0 spiro atoms. The van der Waals surface area contributed by atoms with Gasteiger partial charge in [0.1, 0.15) is 0 Å². The standard InChI is InChI=1S/C11H25N3/c1-5-11(12)10(3)14-7-6-13(4)9(2)8-14/h9-11H,5-8,12H2,1-4H3. The Kier molecular flexibility index (Phi) is 4.35. The van der Waals surface area contributed by atoms with E-state index in [0.717, 1.165) is 19.5 Å². The molecule has 84 valence electrons. The molecule has 1 aliphatic heterocycles. The van der Waals surface area contributed by atoms with Crippen LogP contribution in [0.4, 0.5) is 0 Å².